The number of nitrogens with zero attached hydrogens (tertiary/aromatic N) is 1. The summed E-state index contributed by atoms with van der Waals surface area (Å²) in [5, 5.41) is 11.5. The first kappa shape index (κ1) is 13.0. The van der Waals surface area contributed by atoms with Crippen LogP contribution >= 0.6 is 11.6 Å². The highest BCUT2D eigenvalue weighted by atomic mass is 35.5. The Morgan fingerprint density at radius 2 is 2.12 bits per heavy atom. The van der Waals surface area contributed by atoms with E-state index >= 15 is 0 Å². The van der Waals surface area contributed by atoms with E-state index in [-0.39, 0.29) is 5.71 Å². The summed E-state index contributed by atoms with van der Waals surface area (Å²) in [6, 6.07) is 6.52. The predicted molar refractivity (Wildman–Crippen MR) is 64.1 cm³/mol. The number of hydrogen-bond acceptors (Lipinski definition) is 4. The van der Waals surface area contributed by atoms with Gasteiger partial charge in [0.25, 0.3) is 0 Å². The van der Waals surface area contributed by atoms with Gasteiger partial charge >= 0.3 is 0 Å². The van der Waals surface area contributed by atoms with Gasteiger partial charge in [0.1, 0.15) is 11.0 Å². The van der Waals surface area contributed by atoms with Gasteiger partial charge in [0.05, 0.1) is 0 Å². The molecule has 0 saturated carbocycles. The van der Waals surface area contributed by atoms with Crippen LogP contribution in [-0.4, -0.2) is 30.8 Å². The van der Waals surface area contributed by atoms with Crippen LogP contribution < -0.4 is 0 Å². The Balaban J connectivity index is 3.20. The van der Waals surface area contributed by atoms with Crippen LogP contribution in [0.5, 0.6) is 0 Å². The van der Waals surface area contributed by atoms with Crippen molar-refractivity contribution in [2.24, 2.45) is 5.16 Å². The Hall–Kier alpha value is -1.07. The lowest BCUT2D eigenvalue weighted by molar-refractivity contribution is 0.318. The van der Waals surface area contributed by atoms with Crippen LogP contribution in [0.25, 0.3) is 0 Å². The first-order valence-electron chi connectivity index (χ1n) is 4.53. The van der Waals surface area contributed by atoms with Crippen LogP contribution in [0.4, 0.5) is 0 Å². The summed E-state index contributed by atoms with van der Waals surface area (Å²) in [5.41, 5.74) is 0.581. The number of oxime groups is 1. The lowest BCUT2D eigenvalue weighted by Crippen LogP contribution is -2.27. The van der Waals surface area contributed by atoms with Gasteiger partial charge in [-0.15, -0.1) is 0 Å². The van der Waals surface area contributed by atoms with E-state index in [4.69, 9.17) is 16.8 Å². The maximum Gasteiger partial charge on any atom is 0.155 e. The molecule has 0 spiro atoms. The second-order valence-electron chi connectivity index (χ2n) is 3.47. The summed E-state index contributed by atoms with van der Waals surface area (Å²) in [6.45, 7) is 1.46. The molecule has 88 valence electrons. The molecule has 0 aliphatic carbocycles. The number of hydrogen-bond donors (Lipinski definition) is 1. The molecule has 0 aliphatic heterocycles. The molecule has 0 aliphatic rings. The van der Waals surface area contributed by atoms with E-state index in [1.807, 2.05) is 0 Å². The fraction of sp³-hybridized carbons (Fsp3) is 0.300. The summed E-state index contributed by atoms with van der Waals surface area (Å²) >= 11 is 5.78. The molecule has 4 nitrogen and oxygen atoms in total. The van der Waals surface area contributed by atoms with Crippen LogP contribution in [-0.2, 0) is 9.84 Å². The van der Waals surface area contributed by atoms with Crippen molar-refractivity contribution in [2.75, 3.05) is 6.26 Å². The van der Waals surface area contributed by atoms with Crippen LogP contribution in [0.3, 0.4) is 0 Å². The molecule has 0 radical (unpaired) electrons. The second kappa shape index (κ2) is 4.84. The van der Waals surface area contributed by atoms with Crippen molar-refractivity contribution in [3.8, 4) is 0 Å². The van der Waals surface area contributed by atoms with Gasteiger partial charge in [0.2, 0.25) is 0 Å². The van der Waals surface area contributed by atoms with Gasteiger partial charge in [0.15, 0.2) is 9.84 Å². The maximum absolute atomic E-state index is 11.4. The fourth-order valence-electron chi connectivity index (χ4n) is 1.22. The maximum atomic E-state index is 11.4. The zero-order valence-electron chi connectivity index (χ0n) is 8.88. The van der Waals surface area contributed by atoms with Crippen molar-refractivity contribution in [1.29, 1.82) is 0 Å². The van der Waals surface area contributed by atoms with E-state index in [1.54, 1.807) is 24.3 Å². The standard InChI is InChI=1S/C10H12ClNO3S/c1-7(16(2,14)15)10(12-13)8-4-3-5-9(11)6-8/h3-7,13H,1-2H3/b12-10-. The molecule has 1 aromatic carbocycles. The van der Waals surface area contributed by atoms with Crippen molar-refractivity contribution in [2.45, 2.75) is 12.2 Å². The summed E-state index contributed by atoms with van der Waals surface area (Å²) in [4.78, 5) is 0. The van der Waals surface area contributed by atoms with E-state index in [9.17, 15) is 8.42 Å². The largest absolute Gasteiger partial charge is 0.411 e. The van der Waals surface area contributed by atoms with Gasteiger partial charge in [-0.3, -0.25) is 0 Å². The van der Waals surface area contributed by atoms with Crippen molar-refractivity contribution in [1.82, 2.24) is 0 Å². The molecule has 0 saturated heterocycles. The highest BCUT2D eigenvalue weighted by molar-refractivity contribution is 7.92. The van der Waals surface area contributed by atoms with Crippen molar-refractivity contribution < 1.29 is 13.6 Å². The van der Waals surface area contributed by atoms with Gasteiger partial charge in [-0.2, -0.15) is 0 Å². The Morgan fingerprint density at radius 3 is 2.56 bits per heavy atom. The molecular weight excluding hydrogens is 250 g/mol. The average Bonchev–Trinajstić information content (AvgIpc) is 2.17. The van der Waals surface area contributed by atoms with Crippen LogP contribution in [0.2, 0.25) is 5.02 Å². The SMILES string of the molecule is CC(/C(=N/O)c1cccc(Cl)c1)S(C)(=O)=O. The van der Waals surface area contributed by atoms with E-state index in [0.29, 0.717) is 10.6 Å². The smallest absolute Gasteiger partial charge is 0.155 e. The number of sulfone groups is 1. The van der Waals surface area contributed by atoms with E-state index in [0.717, 1.165) is 6.26 Å². The Bertz CT molecular complexity index is 511. The highest BCUT2D eigenvalue weighted by Gasteiger charge is 2.23. The molecule has 0 amide bonds. The monoisotopic (exact) mass is 261 g/mol. The molecular formula is C10H12ClNO3S. The molecule has 6 heteroatoms. The van der Waals surface area contributed by atoms with Gasteiger partial charge < -0.3 is 5.21 Å². The van der Waals surface area contributed by atoms with Crippen molar-refractivity contribution >= 4 is 27.1 Å². The highest BCUT2D eigenvalue weighted by Crippen LogP contribution is 2.15. The lowest BCUT2D eigenvalue weighted by Gasteiger charge is -2.11. The number of rotatable bonds is 3. The molecule has 0 aromatic heterocycles. The van der Waals surface area contributed by atoms with E-state index in [1.165, 1.54) is 6.92 Å². The first-order valence-corrected chi connectivity index (χ1v) is 6.86. The average molecular weight is 262 g/mol. The lowest BCUT2D eigenvalue weighted by atomic mass is 10.1. The Morgan fingerprint density at radius 1 is 1.50 bits per heavy atom. The summed E-state index contributed by atoms with van der Waals surface area (Å²) in [6.07, 6.45) is 1.09. The summed E-state index contributed by atoms with van der Waals surface area (Å²) < 4.78 is 22.7. The molecule has 16 heavy (non-hydrogen) atoms. The minimum Gasteiger partial charge on any atom is -0.411 e. The third-order valence-corrected chi connectivity index (χ3v) is 4.00. The third-order valence-electron chi connectivity index (χ3n) is 2.26. The van der Waals surface area contributed by atoms with E-state index in [2.05, 4.69) is 5.16 Å². The Labute approximate surface area is 99.5 Å². The quantitative estimate of drug-likeness (QED) is 0.514. The van der Waals surface area contributed by atoms with Crippen molar-refractivity contribution in [3.63, 3.8) is 0 Å². The minimum atomic E-state index is -3.31. The Kier molecular flexibility index (Phi) is 3.93. The second-order valence-corrected chi connectivity index (χ2v) is 6.27. The molecule has 1 N–H and O–H groups in total. The topological polar surface area (TPSA) is 66.7 Å². The van der Waals surface area contributed by atoms with Crippen LogP contribution in [0, 0.1) is 0 Å². The van der Waals surface area contributed by atoms with Crippen LogP contribution in [0.1, 0.15) is 12.5 Å². The molecule has 0 fully saturated rings. The third kappa shape index (κ3) is 2.96. The zero-order valence-corrected chi connectivity index (χ0v) is 10.5. The van der Waals surface area contributed by atoms with Crippen molar-refractivity contribution in [3.05, 3.63) is 34.9 Å². The van der Waals surface area contributed by atoms with Gasteiger partial charge in [-0.05, 0) is 19.1 Å². The minimum absolute atomic E-state index is 0.0880. The van der Waals surface area contributed by atoms with Crippen LogP contribution in [0.15, 0.2) is 29.4 Å². The fourth-order valence-corrected chi connectivity index (χ4v) is 2.00. The molecule has 1 rings (SSSR count). The summed E-state index contributed by atoms with van der Waals surface area (Å²) in [5.74, 6) is 0. The van der Waals surface area contributed by atoms with Gasteiger partial charge in [-0.1, -0.05) is 28.9 Å². The first-order chi connectivity index (χ1) is 7.36. The van der Waals surface area contributed by atoms with E-state index < -0.39 is 15.1 Å². The molecule has 1 aromatic rings. The molecule has 0 heterocycles. The zero-order chi connectivity index (χ0) is 12.3. The normalized spacial score (nSPS) is 14.8. The molecule has 1 atom stereocenters. The van der Waals surface area contributed by atoms with Gasteiger partial charge in [0, 0.05) is 16.8 Å². The molecule has 1 unspecified atom stereocenters. The summed E-state index contributed by atoms with van der Waals surface area (Å²) in [7, 11) is -3.31. The number of benzene rings is 1. The van der Waals surface area contributed by atoms with Gasteiger partial charge in [-0.25, -0.2) is 8.42 Å². The number of halogens is 1. The molecule has 0 bridgehead atoms. The predicted octanol–water partition coefficient (Wildman–Crippen LogP) is 1.95.